The Hall–Kier alpha value is -3.30. The number of nitrogens with zero attached hydrogens (tertiary/aromatic N) is 4. The molecule has 1 aromatic rings. The molecule has 4 rings (SSSR count). The van der Waals surface area contributed by atoms with E-state index in [1.54, 1.807) is 29.0 Å². The van der Waals surface area contributed by atoms with Crippen LogP contribution in [0, 0.1) is 5.82 Å². The van der Waals surface area contributed by atoms with Gasteiger partial charge in [-0.15, -0.1) is 5.11 Å². The van der Waals surface area contributed by atoms with Crippen molar-refractivity contribution in [2.45, 2.75) is 70.6 Å². The number of benzene rings is 1. The summed E-state index contributed by atoms with van der Waals surface area (Å²) in [6.45, 7) is 7.18. The Morgan fingerprint density at radius 2 is 1.97 bits per heavy atom. The van der Waals surface area contributed by atoms with Crippen LogP contribution in [-0.4, -0.2) is 72.1 Å². The number of ether oxygens (including phenoxy) is 1. The van der Waals surface area contributed by atoms with Gasteiger partial charge in [-0.25, -0.2) is 9.18 Å². The van der Waals surface area contributed by atoms with E-state index in [1.807, 2.05) is 20.8 Å². The molecule has 36 heavy (non-hydrogen) atoms. The summed E-state index contributed by atoms with van der Waals surface area (Å²) in [4.78, 5) is 40.9. The van der Waals surface area contributed by atoms with Gasteiger partial charge in [0.25, 0.3) is 11.8 Å². The Balaban J connectivity index is 1.42. The topological polar surface area (TPSA) is 104 Å². The summed E-state index contributed by atoms with van der Waals surface area (Å²) >= 11 is 0. The van der Waals surface area contributed by atoms with Gasteiger partial charge < -0.3 is 19.9 Å². The van der Waals surface area contributed by atoms with E-state index in [0.717, 1.165) is 24.2 Å². The van der Waals surface area contributed by atoms with E-state index in [4.69, 9.17) is 4.74 Å². The SMILES string of the molecule is CN(C(=O)c1cc(CC2N=NC(=O)C3=C2NCCC3)ccc1F)C1CCN(C(=O)OC(C)(C)C)CC1. The fourth-order valence-corrected chi connectivity index (χ4v) is 4.86. The van der Waals surface area contributed by atoms with Crippen LogP contribution in [0.3, 0.4) is 0 Å². The molecule has 9 nitrogen and oxygen atoms in total. The quantitative estimate of drug-likeness (QED) is 0.678. The average Bonchev–Trinajstić information content (AvgIpc) is 2.85. The Bertz CT molecular complexity index is 1100. The zero-order valence-corrected chi connectivity index (χ0v) is 21.3. The van der Waals surface area contributed by atoms with Gasteiger partial charge in [0.05, 0.1) is 5.56 Å². The summed E-state index contributed by atoms with van der Waals surface area (Å²) in [5.41, 5.74) is 1.62. The van der Waals surface area contributed by atoms with Crippen molar-refractivity contribution >= 4 is 17.9 Å². The minimum Gasteiger partial charge on any atom is -0.444 e. The molecular formula is C26H34FN5O4. The van der Waals surface area contributed by atoms with E-state index in [-0.39, 0.29) is 29.6 Å². The van der Waals surface area contributed by atoms with Gasteiger partial charge in [0, 0.05) is 50.4 Å². The third-order valence-electron chi connectivity index (χ3n) is 6.80. The molecule has 3 heterocycles. The van der Waals surface area contributed by atoms with Crippen LogP contribution in [0.25, 0.3) is 0 Å². The Labute approximate surface area is 210 Å². The summed E-state index contributed by atoms with van der Waals surface area (Å²) in [7, 11) is 1.67. The molecule has 1 N–H and O–H groups in total. The van der Waals surface area contributed by atoms with E-state index in [9.17, 15) is 18.8 Å². The molecule has 1 aromatic carbocycles. The second kappa shape index (κ2) is 10.4. The van der Waals surface area contributed by atoms with Crippen LogP contribution < -0.4 is 5.32 Å². The third-order valence-corrected chi connectivity index (χ3v) is 6.80. The first-order valence-electron chi connectivity index (χ1n) is 12.5. The molecule has 3 amide bonds. The lowest BCUT2D eigenvalue weighted by molar-refractivity contribution is -0.115. The van der Waals surface area contributed by atoms with Crippen molar-refractivity contribution in [3.63, 3.8) is 0 Å². The highest BCUT2D eigenvalue weighted by molar-refractivity contribution is 5.96. The fraction of sp³-hybridized carbons (Fsp3) is 0.577. The summed E-state index contributed by atoms with van der Waals surface area (Å²) in [6, 6.07) is 4.04. The van der Waals surface area contributed by atoms with Crippen LogP contribution in [0.4, 0.5) is 9.18 Å². The molecule has 0 aliphatic carbocycles. The van der Waals surface area contributed by atoms with Crippen LogP contribution in [0.1, 0.15) is 62.4 Å². The van der Waals surface area contributed by atoms with Crippen molar-refractivity contribution < 1.29 is 23.5 Å². The number of azo groups is 1. The van der Waals surface area contributed by atoms with Gasteiger partial charge in [-0.05, 0) is 64.2 Å². The summed E-state index contributed by atoms with van der Waals surface area (Å²) in [5, 5.41) is 11.2. The Morgan fingerprint density at radius 3 is 2.67 bits per heavy atom. The fourth-order valence-electron chi connectivity index (χ4n) is 4.86. The van der Waals surface area contributed by atoms with Gasteiger partial charge >= 0.3 is 6.09 Å². The van der Waals surface area contributed by atoms with Gasteiger partial charge in [-0.3, -0.25) is 9.59 Å². The number of carbonyl (C=O) groups excluding carboxylic acids is 3. The van der Waals surface area contributed by atoms with Crippen molar-refractivity contribution in [1.82, 2.24) is 15.1 Å². The highest BCUT2D eigenvalue weighted by Crippen LogP contribution is 2.28. The number of rotatable bonds is 4. The predicted molar refractivity (Wildman–Crippen MR) is 131 cm³/mol. The summed E-state index contributed by atoms with van der Waals surface area (Å²) < 4.78 is 20.2. The van der Waals surface area contributed by atoms with Gasteiger partial charge in [-0.2, -0.15) is 5.11 Å². The zero-order chi connectivity index (χ0) is 26.0. The lowest BCUT2D eigenvalue weighted by Crippen LogP contribution is -2.48. The molecule has 10 heteroatoms. The highest BCUT2D eigenvalue weighted by Gasteiger charge is 2.32. The first-order valence-corrected chi connectivity index (χ1v) is 12.5. The standard InChI is InChI=1S/C26H34FN5O4/c1-26(2,3)36-25(35)32-12-9-17(10-13-32)31(4)24(34)19-14-16(7-8-20(19)27)15-21-22-18(6-5-11-28-22)23(33)30-29-21/h7-8,14,17,21,28H,5-6,9-13,15H2,1-4H3. The predicted octanol–water partition coefficient (Wildman–Crippen LogP) is 3.84. The molecule has 0 saturated carbocycles. The first-order chi connectivity index (χ1) is 17.0. The smallest absolute Gasteiger partial charge is 0.410 e. The molecular weight excluding hydrogens is 465 g/mol. The van der Waals surface area contributed by atoms with Gasteiger partial charge in [-0.1, -0.05) is 6.07 Å². The van der Waals surface area contributed by atoms with Crippen molar-refractivity contribution in [2.75, 3.05) is 26.7 Å². The van der Waals surface area contributed by atoms with E-state index >= 15 is 0 Å². The van der Waals surface area contributed by atoms with E-state index in [1.165, 1.54) is 6.07 Å². The number of piperidine rings is 1. The number of hydrogen-bond donors (Lipinski definition) is 1. The lowest BCUT2D eigenvalue weighted by Gasteiger charge is -2.37. The number of hydrogen-bond acceptors (Lipinski definition) is 6. The molecule has 0 spiro atoms. The molecule has 1 fully saturated rings. The van der Waals surface area contributed by atoms with E-state index in [0.29, 0.717) is 44.3 Å². The number of nitrogens with one attached hydrogen (secondary N) is 1. The summed E-state index contributed by atoms with van der Waals surface area (Å²) in [5.74, 6) is -1.29. The van der Waals surface area contributed by atoms with Crippen LogP contribution in [-0.2, 0) is 16.0 Å². The molecule has 0 radical (unpaired) electrons. The number of halogens is 1. The Morgan fingerprint density at radius 1 is 1.25 bits per heavy atom. The molecule has 3 aliphatic heterocycles. The average molecular weight is 500 g/mol. The largest absolute Gasteiger partial charge is 0.444 e. The molecule has 3 aliphatic rings. The van der Waals surface area contributed by atoms with Crippen LogP contribution in [0.2, 0.25) is 0 Å². The Kier molecular flexibility index (Phi) is 7.42. The lowest BCUT2D eigenvalue weighted by atomic mass is 9.93. The highest BCUT2D eigenvalue weighted by atomic mass is 19.1. The van der Waals surface area contributed by atoms with E-state index < -0.39 is 17.3 Å². The van der Waals surface area contributed by atoms with Crippen molar-refractivity contribution in [1.29, 1.82) is 0 Å². The second-order valence-electron chi connectivity index (χ2n) is 10.6. The van der Waals surface area contributed by atoms with E-state index in [2.05, 4.69) is 15.5 Å². The van der Waals surface area contributed by atoms with Gasteiger partial charge in [0.1, 0.15) is 17.5 Å². The minimum atomic E-state index is -0.585. The first kappa shape index (κ1) is 25.8. The molecule has 1 saturated heterocycles. The molecule has 1 unspecified atom stereocenters. The molecule has 194 valence electrons. The van der Waals surface area contributed by atoms with Gasteiger partial charge in [0.2, 0.25) is 0 Å². The maximum absolute atomic E-state index is 14.7. The van der Waals surface area contributed by atoms with Crippen LogP contribution >= 0.6 is 0 Å². The van der Waals surface area contributed by atoms with Crippen LogP contribution in [0.5, 0.6) is 0 Å². The maximum Gasteiger partial charge on any atom is 0.410 e. The zero-order valence-electron chi connectivity index (χ0n) is 21.3. The third kappa shape index (κ3) is 5.74. The maximum atomic E-state index is 14.7. The summed E-state index contributed by atoms with van der Waals surface area (Å²) in [6.07, 6.45) is 2.75. The minimum absolute atomic E-state index is 0.000738. The number of likely N-dealkylation sites (tertiary alicyclic amines) is 1. The van der Waals surface area contributed by atoms with Gasteiger partial charge in [0.15, 0.2) is 0 Å². The molecule has 0 bridgehead atoms. The molecule has 1 atom stereocenters. The van der Waals surface area contributed by atoms with Crippen molar-refractivity contribution in [3.05, 3.63) is 46.4 Å². The second-order valence-corrected chi connectivity index (χ2v) is 10.6. The monoisotopic (exact) mass is 499 g/mol. The van der Waals surface area contributed by atoms with Crippen molar-refractivity contribution in [3.8, 4) is 0 Å². The number of carbonyl (C=O) groups is 3. The normalized spacial score (nSPS) is 20.6. The van der Waals surface area contributed by atoms with Crippen molar-refractivity contribution in [2.24, 2.45) is 10.2 Å². The number of amides is 3. The molecule has 0 aromatic heterocycles. The van der Waals surface area contributed by atoms with Crippen LogP contribution in [0.15, 0.2) is 39.7 Å².